The number of carbonyl (C=O) groups excluding carboxylic acids is 1. The first-order valence-corrected chi connectivity index (χ1v) is 12.0. The van der Waals surface area contributed by atoms with Gasteiger partial charge in [0.15, 0.2) is 15.0 Å². The zero-order valence-electron chi connectivity index (χ0n) is 16.5. The molecule has 2 aromatic carbocycles. The summed E-state index contributed by atoms with van der Waals surface area (Å²) in [5.41, 5.74) is 2.18. The van der Waals surface area contributed by atoms with Crippen LogP contribution in [0.4, 0.5) is 9.52 Å². The lowest BCUT2D eigenvalue weighted by Crippen LogP contribution is -2.31. The Kier molecular flexibility index (Phi) is 5.79. The highest BCUT2D eigenvalue weighted by molar-refractivity contribution is 7.90. The highest BCUT2D eigenvalue weighted by Gasteiger charge is 2.21. The third-order valence-corrected chi connectivity index (χ3v) is 6.84. The van der Waals surface area contributed by atoms with E-state index in [9.17, 15) is 17.6 Å². The Morgan fingerprint density at radius 3 is 2.42 bits per heavy atom. The summed E-state index contributed by atoms with van der Waals surface area (Å²) in [7, 11) is -3.31. The number of pyridine rings is 1. The van der Waals surface area contributed by atoms with Crippen LogP contribution in [0.1, 0.15) is 11.1 Å². The van der Waals surface area contributed by atoms with Gasteiger partial charge in [-0.1, -0.05) is 23.5 Å². The minimum absolute atomic E-state index is 0.0689. The molecule has 2 aromatic heterocycles. The predicted molar refractivity (Wildman–Crippen MR) is 118 cm³/mol. The Hall–Kier alpha value is -3.17. The first-order valence-electron chi connectivity index (χ1n) is 9.34. The van der Waals surface area contributed by atoms with E-state index < -0.39 is 9.84 Å². The molecule has 0 aliphatic heterocycles. The summed E-state index contributed by atoms with van der Waals surface area (Å²) in [6.45, 7) is 0.283. The molecule has 0 saturated carbocycles. The number of hydrogen-bond donors (Lipinski definition) is 0. The van der Waals surface area contributed by atoms with Crippen LogP contribution in [-0.2, 0) is 27.6 Å². The van der Waals surface area contributed by atoms with Gasteiger partial charge < -0.3 is 0 Å². The van der Waals surface area contributed by atoms with Crippen LogP contribution < -0.4 is 4.90 Å². The monoisotopic (exact) mass is 455 g/mol. The Morgan fingerprint density at radius 2 is 1.74 bits per heavy atom. The van der Waals surface area contributed by atoms with Crippen LogP contribution in [0.5, 0.6) is 0 Å². The number of amides is 1. The maximum absolute atomic E-state index is 13.6. The molecule has 0 saturated heterocycles. The summed E-state index contributed by atoms with van der Waals surface area (Å²) >= 11 is 1.24. The van der Waals surface area contributed by atoms with Gasteiger partial charge >= 0.3 is 0 Å². The Balaban J connectivity index is 1.65. The maximum Gasteiger partial charge on any atom is 0.233 e. The van der Waals surface area contributed by atoms with Crippen molar-refractivity contribution in [1.82, 2.24) is 9.97 Å². The van der Waals surface area contributed by atoms with E-state index in [1.54, 1.807) is 35.5 Å². The molecular formula is C22H18FN3O3S2. The molecule has 0 unspecified atom stereocenters. The fraction of sp³-hybridized carbons (Fsp3) is 0.136. The van der Waals surface area contributed by atoms with E-state index in [0.29, 0.717) is 20.9 Å². The molecule has 0 aliphatic rings. The van der Waals surface area contributed by atoms with E-state index in [0.717, 1.165) is 11.8 Å². The maximum atomic E-state index is 13.6. The molecule has 2 heterocycles. The van der Waals surface area contributed by atoms with Crippen LogP contribution in [-0.4, -0.2) is 30.5 Å². The van der Waals surface area contributed by atoms with E-state index in [1.807, 2.05) is 12.1 Å². The number of halogens is 1. The number of aromatic nitrogens is 2. The number of rotatable bonds is 6. The highest BCUT2D eigenvalue weighted by Crippen LogP contribution is 2.31. The second kappa shape index (κ2) is 8.52. The summed E-state index contributed by atoms with van der Waals surface area (Å²) in [4.78, 5) is 23.5. The van der Waals surface area contributed by atoms with Gasteiger partial charge in [-0.2, -0.15) is 0 Å². The van der Waals surface area contributed by atoms with Crippen LogP contribution in [0.3, 0.4) is 0 Å². The SMILES string of the molecule is CS(=O)(=O)c1ccc(CC(=O)N(Cc2ccncc2)c2nc3ccc(F)cc3s2)cc1. The van der Waals surface area contributed by atoms with Crippen molar-refractivity contribution < 1.29 is 17.6 Å². The normalized spacial score (nSPS) is 11.5. The van der Waals surface area contributed by atoms with Crippen LogP contribution in [0, 0.1) is 5.82 Å². The molecule has 0 spiro atoms. The Morgan fingerprint density at radius 1 is 1.03 bits per heavy atom. The molecule has 1 amide bonds. The second-order valence-corrected chi connectivity index (χ2v) is 10.1. The third kappa shape index (κ3) is 4.95. The number of nitrogens with zero attached hydrogens (tertiary/aromatic N) is 3. The van der Waals surface area contributed by atoms with E-state index in [2.05, 4.69) is 9.97 Å². The van der Waals surface area contributed by atoms with Crippen LogP contribution in [0.15, 0.2) is 71.9 Å². The minimum atomic E-state index is -3.31. The molecule has 0 radical (unpaired) electrons. The molecule has 0 atom stereocenters. The van der Waals surface area contributed by atoms with Crippen molar-refractivity contribution in [3.05, 3.63) is 83.9 Å². The Labute approximate surface area is 182 Å². The quantitative estimate of drug-likeness (QED) is 0.439. The molecule has 6 nitrogen and oxygen atoms in total. The van der Waals surface area contributed by atoms with E-state index in [-0.39, 0.29) is 29.6 Å². The average molecular weight is 456 g/mol. The number of hydrogen-bond acceptors (Lipinski definition) is 6. The smallest absolute Gasteiger partial charge is 0.233 e. The van der Waals surface area contributed by atoms with Crippen LogP contribution in [0.25, 0.3) is 10.2 Å². The average Bonchev–Trinajstić information content (AvgIpc) is 3.15. The minimum Gasteiger partial charge on any atom is -0.283 e. The van der Waals surface area contributed by atoms with Gasteiger partial charge in [0, 0.05) is 18.6 Å². The molecule has 0 bridgehead atoms. The molecule has 4 rings (SSSR count). The topological polar surface area (TPSA) is 80.2 Å². The van der Waals surface area contributed by atoms with Crippen molar-refractivity contribution in [2.45, 2.75) is 17.9 Å². The van der Waals surface area contributed by atoms with Crippen molar-refractivity contribution in [2.75, 3.05) is 11.2 Å². The molecule has 31 heavy (non-hydrogen) atoms. The Bertz CT molecular complexity index is 1340. The molecule has 0 N–H and O–H groups in total. The highest BCUT2D eigenvalue weighted by atomic mass is 32.2. The van der Waals surface area contributed by atoms with Gasteiger partial charge in [-0.05, 0) is 53.6 Å². The molecule has 158 valence electrons. The first-order chi connectivity index (χ1) is 14.8. The van der Waals surface area contributed by atoms with Crippen molar-refractivity contribution in [1.29, 1.82) is 0 Å². The van der Waals surface area contributed by atoms with Gasteiger partial charge in [0.2, 0.25) is 5.91 Å². The van der Waals surface area contributed by atoms with E-state index in [4.69, 9.17) is 0 Å². The van der Waals surface area contributed by atoms with Crippen molar-refractivity contribution in [3.8, 4) is 0 Å². The van der Waals surface area contributed by atoms with Gasteiger partial charge in [-0.25, -0.2) is 17.8 Å². The number of sulfone groups is 1. The zero-order valence-corrected chi connectivity index (χ0v) is 18.2. The summed E-state index contributed by atoms with van der Waals surface area (Å²) in [5.74, 6) is -0.566. The van der Waals surface area contributed by atoms with Gasteiger partial charge in [-0.15, -0.1) is 0 Å². The first kappa shape index (κ1) is 21.1. The number of thiazole rings is 1. The predicted octanol–water partition coefficient (Wildman–Crippen LogP) is 4.01. The lowest BCUT2D eigenvalue weighted by molar-refractivity contribution is -0.118. The van der Waals surface area contributed by atoms with Crippen LogP contribution in [0.2, 0.25) is 0 Å². The zero-order chi connectivity index (χ0) is 22.0. The van der Waals surface area contributed by atoms with E-state index >= 15 is 0 Å². The van der Waals surface area contributed by atoms with Crippen molar-refractivity contribution in [2.24, 2.45) is 0 Å². The largest absolute Gasteiger partial charge is 0.283 e. The number of fused-ring (bicyclic) bond motifs is 1. The summed E-state index contributed by atoms with van der Waals surface area (Å²) in [6.07, 6.45) is 4.50. The van der Waals surface area contributed by atoms with Gasteiger partial charge in [0.1, 0.15) is 5.82 Å². The molecule has 0 aliphatic carbocycles. The van der Waals surface area contributed by atoms with Gasteiger partial charge in [-0.3, -0.25) is 14.7 Å². The summed E-state index contributed by atoms with van der Waals surface area (Å²) in [6, 6.07) is 14.2. The van der Waals surface area contributed by atoms with Crippen LogP contribution >= 0.6 is 11.3 Å². The van der Waals surface area contributed by atoms with E-state index in [1.165, 1.54) is 35.6 Å². The molecular weight excluding hydrogens is 437 g/mol. The molecule has 4 aromatic rings. The standard InChI is InChI=1S/C22H18FN3O3S2/c1-31(28,29)18-5-2-15(3-6-18)12-21(27)26(14-16-8-10-24-11-9-16)22-25-19-7-4-17(23)13-20(19)30-22/h2-11,13H,12,14H2,1H3. The number of benzene rings is 2. The van der Waals surface area contributed by atoms with Gasteiger partial charge in [0.05, 0.1) is 28.1 Å². The lowest BCUT2D eigenvalue weighted by atomic mass is 10.1. The summed E-state index contributed by atoms with van der Waals surface area (Å²) in [5, 5.41) is 0.468. The van der Waals surface area contributed by atoms with Crippen molar-refractivity contribution in [3.63, 3.8) is 0 Å². The lowest BCUT2D eigenvalue weighted by Gasteiger charge is -2.20. The number of anilines is 1. The van der Waals surface area contributed by atoms with Gasteiger partial charge in [0.25, 0.3) is 0 Å². The molecule has 0 fully saturated rings. The number of carbonyl (C=O) groups is 1. The third-order valence-electron chi connectivity index (χ3n) is 4.67. The summed E-state index contributed by atoms with van der Waals surface area (Å²) < 4.78 is 37.6. The second-order valence-electron chi connectivity index (χ2n) is 7.04. The fourth-order valence-corrected chi connectivity index (χ4v) is 4.70. The fourth-order valence-electron chi connectivity index (χ4n) is 3.06. The van der Waals surface area contributed by atoms with Crippen molar-refractivity contribution >= 4 is 42.4 Å². The molecule has 9 heteroatoms.